The highest BCUT2D eigenvalue weighted by atomic mass is 32.2. The van der Waals surface area contributed by atoms with Gasteiger partial charge in [0, 0.05) is 39.0 Å². The first-order valence-corrected chi connectivity index (χ1v) is 8.29. The molecule has 0 amide bonds. The second kappa shape index (κ2) is 5.89. The predicted octanol–water partition coefficient (Wildman–Crippen LogP) is 1.87. The van der Waals surface area contributed by atoms with E-state index in [0.29, 0.717) is 11.3 Å². The van der Waals surface area contributed by atoms with Gasteiger partial charge in [-0.3, -0.25) is 9.10 Å². The summed E-state index contributed by atoms with van der Waals surface area (Å²) in [7, 11) is 1.90. The Hall–Kier alpha value is -1.82. The second-order valence-electron chi connectivity index (χ2n) is 5.41. The third-order valence-electron chi connectivity index (χ3n) is 3.35. The molecule has 21 heavy (non-hydrogen) atoms. The van der Waals surface area contributed by atoms with E-state index in [-0.39, 0.29) is 11.0 Å². The first-order chi connectivity index (χ1) is 9.82. The lowest BCUT2D eigenvalue weighted by molar-refractivity contribution is 0.104. The third kappa shape index (κ3) is 3.64. The van der Waals surface area contributed by atoms with Crippen molar-refractivity contribution < 1.29 is 13.2 Å². The Kier molecular flexibility index (Phi) is 4.37. The van der Waals surface area contributed by atoms with Crippen molar-refractivity contribution >= 4 is 21.5 Å². The summed E-state index contributed by atoms with van der Waals surface area (Å²) < 4.78 is 25.7. The first kappa shape index (κ1) is 15.6. The van der Waals surface area contributed by atoms with Crippen LogP contribution in [-0.4, -0.2) is 45.5 Å². The smallest absolute Gasteiger partial charge is 0.237 e. The highest BCUT2D eigenvalue weighted by molar-refractivity contribution is 7.93. The highest BCUT2D eigenvalue weighted by Crippen LogP contribution is 2.32. The Morgan fingerprint density at radius 1 is 1.24 bits per heavy atom. The number of sulfonamides is 1. The summed E-state index contributed by atoms with van der Waals surface area (Å²) in [4.78, 5) is 13.8. The molecule has 0 saturated heterocycles. The lowest BCUT2D eigenvalue weighted by Gasteiger charge is -2.19. The van der Waals surface area contributed by atoms with E-state index in [1.807, 2.05) is 14.1 Å². The summed E-state index contributed by atoms with van der Waals surface area (Å²) in [6.45, 7) is 0. The van der Waals surface area contributed by atoms with Crippen molar-refractivity contribution in [3.63, 3.8) is 0 Å². The number of hydrogen-bond acceptors (Lipinski definition) is 4. The van der Waals surface area contributed by atoms with Crippen LogP contribution in [0.5, 0.6) is 0 Å². The minimum atomic E-state index is -3.29. The average Bonchev–Trinajstić information content (AvgIpc) is 3.28. The van der Waals surface area contributed by atoms with Crippen LogP contribution in [0.3, 0.4) is 0 Å². The van der Waals surface area contributed by atoms with E-state index >= 15 is 0 Å². The van der Waals surface area contributed by atoms with Crippen LogP contribution < -0.4 is 4.31 Å². The molecule has 0 heterocycles. The molecule has 6 heteroatoms. The lowest BCUT2D eigenvalue weighted by atomic mass is 10.1. The maximum absolute atomic E-state index is 12.2. The average molecular weight is 308 g/mol. The molecule has 1 saturated carbocycles. The molecule has 0 radical (unpaired) electrons. The van der Waals surface area contributed by atoms with E-state index in [4.69, 9.17) is 0 Å². The summed E-state index contributed by atoms with van der Waals surface area (Å²) >= 11 is 0. The summed E-state index contributed by atoms with van der Waals surface area (Å²) in [5, 5.41) is -0.268. The minimum absolute atomic E-state index is 0.150. The van der Waals surface area contributed by atoms with Crippen LogP contribution in [0.2, 0.25) is 0 Å². The summed E-state index contributed by atoms with van der Waals surface area (Å²) in [5.74, 6) is -0.150. The topological polar surface area (TPSA) is 57.7 Å². The Morgan fingerprint density at radius 2 is 1.90 bits per heavy atom. The predicted molar refractivity (Wildman–Crippen MR) is 83.9 cm³/mol. The minimum Gasteiger partial charge on any atom is -0.383 e. The maximum Gasteiger partial charge on any atom is 0.237 e. The molecule has 0 N–H and O–H groups in total. The highest BCUT2D eigenvalue weighted by Gasteiger charge is 2.38. The number of rotatable bonds is 6. The van der Waals surface area contributed by atoms with Gasteiger partial charge in [-0.2, -0.15) is 0 Å². The van der Waals surface area contributed by atoms with Crippen LogP contribution in [0.15, 0.2) is 36.5 Å². The van der Waals surface area contributed by atoms with Gasteiger partial charge in [-0.1, -0.05) is 12.1 Å². The Morgan fingerprint density at radius 3 is 2.48 bits per heavy atom. The Labute approximate surface area is 125 Å². The second-order valence-corrected chi connectivity index (χ2v) is 7.65. The Bertz CT molecular complexity index is 661. The molecule has 1 aliphatic carbocycles. The largest absolute Gasteiger partial charge is 0.383 e. The van der Waals surface area contributed by atoms with E-state index in [2.05, 4.69) is 0 Å². The van der Waals surface area contributed by atoms with Crippen LogP contribution >= 0.6 is 0 Å². The molecule has 0 aromatic heterocycles. The van der Waals surface area contributed by atoms with E-state index in [1.54, 1.807) is 35.4 Å². The summed E-state index contributed by atoms with van der Waals surface area (Å²) in [5.41, 5.74) is 0.995. The zero-order valence-electron chi connectivity index (χ0n) is 12.5. The molecule has 1 aromatic rings. The van der Waals surface area contributed by atoms with Gasteiger partial charge in [-0.15, -0.1) is 0 Å². The SMILES string of the molecule is CN(C)/C=C/C(=O)c1cccc(N(C)S(=O)(=O)C2CC2)c1. The van der Waals surface area contributed by atoms with E-state index in [1.165, 1.54) is 17.4 Å². The van der Waals surface area contributed by atoms with Crippen molar-refractivity contribution in [1.29, 1.82) is 0 Å². The molecular formula is C15H20N2O3S. The van der Waals surface area contributed by atoms with Crippen LogP contribution in [0.25, 0.3) is 0 Å². The van der Waals surface area contributed by atoms with Gasteiger partial charge in [0.2, 0.25) is 10.0 Å². The summed E-state index contributed by atoms with van der Waals surface area (Å²) in [6.07, 6.45) is 4.57. The van der Waals surface area contributed by atoms with Crippen molar-refractivity contribution in [2.24, 2.45) is 0 Å². The standard InChI is InChI=1S/C15H20N2O3S/c1-16(2)10-9-15(18)12-5-4-6-13(11-12)17(3)21(19,20)14-7-8-14/h4-6,9-11,14H,7-8H2,1-3H3/b10-9+. The van der Waals surface area contributed by atoms with Crippen molar-refractivity contribution in [2.75, 3.05) is 25.4 Å². The number of hydrogen-bond donors (Lipinski definition) is 0. The molecule has 114 valence electrons. The van der Waals surface area contributed by atoms with Gasteiger partial charge >= 0.3 is 0 Å². The monoisotopic (exact) mass is 308 g/mol. The fourth-order valence-corrected chi connectivity index (χ4v) is 3.49. The van der Waals surface area contributed by atoms with Crippen molar-refractivity contribution in [3.05, 3.63) is 42.1 Å². The third-order valence-corrected chi connectivity index (χ3v) is 5.63. The molecule has 0 spiro atoms. The van der Waals surface area contributed by atoms with E-state index < -0.39 is 10.0 Å². The normalized spacial score (nSPS) is 15.2. The van der Waals surface area contributed by atoms with Crippen molar-refractivity contribution in [2.45, 2.75) is 18.1 Å². The summed E-state index contributed by atoms with van der Waals surface area (Å²) in [6, 6.07) is 6.70. The molecule has 2 rings (SSSR count). The number of nitrogens with zero attached hydrogens (tertiary/aromatic N) is 2. The van der Waals surface area contributed by atoms with Gasteiger partial charge in [-0.05, 0) is 25.0 Å². The zero-order valence-corrected chi connectivity index (χ0v) is 13.3. The number of allylic oxidation sites excluding steroid dienone is 1. The Balaban J connectivity index is 2.23. The van der Waals surface area contributed by atoms with Gasteiger partial charge in [0.25, 0.3) is 0 Å². The first-order valence-electron chi connectivity index (χ1n) is 6.79. The number of carbonyl (C=O) groups is 1. The number of ketones is 1. The number of carbonyl (C=O) groups excluding carboxylic acids is 1. The molecule has 1 fully saturated rings. The van der Waals surface area contributed by atoms with Crippen molar-refractivity contribution in [3.8, 4) is 0 Å². The van der Waals surface area contributed by atoms with Crippen LogP contribution in [0.1, 0.15) is 23.2 Å². The van der Waals surface area contributed by atoms with Gasteiger partial charge in [-0.25, -0.2) is 8.42 Å². The van der Waals surface area contributed by atoms with Gasteiger partial charge in [0.1, 0.15) is 0 Å². The van der Waals surface area contributed by atoms with E-state index in [9.17, 15) is 13.2 Å². The molecule has 0 bridgehead atoms. The quantitative estimate of drug-likeness (QED) is 0.595. The van der Waals surface area contributed by atoms with Crippen molar-refractivity contribution in [1.82, 2.24) is 4.90 Å². The fourth-order valence-electron chi connectivity index (χ4n) is 1.90. The van der Waals surface area contributed by atoms with Gasteiger partial charge < -0.3 is 4.90 Å². The van der Waals surface area contributed by atoms with Gasteiger partial charge in [0.05, 0.1) is 10.9 Å². The van der Waals surface area contributed by atoms with E-state index in [0.717, 1.165) is 12.8 Å². The molecule has 1 aromatic carbocycles. The molecule has 5 nitrogen and oxygen atoms in total. The maximum atomic E-state index is 12.2. The number of anilines is 1. The van der Waals surface area contributed by atoms with Gasteiger partial charge in [0.15, 0.2) is 5.78 Å². The fraction of sp³-hybridized carbons (Fsp3) is 0.400. The number of benzene rings is 1. The molecular weight excluding hydrogens is 288 g/mol. The molecule has 1 aliphatic rings. The zero-order chi connectivity index (χ0) is 15.6. The van der Waals surface area contributed by atoms with Crippen LogP contribution in [0, 0.1) is 0 Å². The van der Waals surface area contributed by atoms with Crippen LogP contribution in [-0.2, 0) is 10.0 Å². The molecule has 0 unspecified atom stereocenters. The lowest BCUT2D eigenvalue weighted by Crippen LogP contribution is -2.29. The van der Waals surface area contributed by atoms with Crippen LogP contribution in [0.4, 0.5) is 5.69 Å². The molecule has 0 atom stereocenters. The molecule has 0 aliphatic heterocycles.